The molecule has 1 amide bonds. The fourth-order valence-corrected chi connectivity index (χ4v) is 2.77. The van der Waals surface area contributed by atoms with E-state index in [1.165, 1.54) is 0 Å². The first kappa shape index (κ1) is 19.2. The van der Waals surface area contributed by atoms with Crippen molar-refractivity contribution in [2.75, 3.05) is 6.61 Å². The van der Waals surface area contributed by atoms with Gasteiger partial charge in [0.1, 0.15) is 23.1 Å². The number of ether oxygens (including phenoxy) is 1. The number of hydrogen-bond acceptors (Lipinski definition) is 8. The Hall–Kier alpha value is -0.820. The van der Waals surface area contributed by atoms with Gasteiger partial charge in [0.15, 0.2) is 0 Å². The van der Waals surface area contributed by atoms with Crippen LogP contribution in [0.25, 0.3) is 0 Å². The van der Waals surface area contributed by atoms with Crippen LogP contribution in [0.5, 0.6) is 0 Å². The van der Waals surface area contributed by atoms with Gasteiger partial charge in [-0.05, 0) is 0 Å². The number of carboxylic acid groups (broad SMARTS) is 1. The average Bonchev–Trinajstić information content (AvgIpc) is 2.45. The molecule has 1 heterocycles. The fraction of sp³-hybridized carbons (Fsp3) is 0.818. The van der Waals surface area contributed by atoms with Crippen molar-refractivity contribution in [2.45, 2.75) is 48.0 Å². The Bertz CT molecular complexity index is 436. The van der Waals surface area contributed by atoms with E-state index in [0.29, 0.717) is 0 Å². The standard InChI is InChI=1S/C11H18BrNO9/c1-3(15)13-5-7(18)9(12)11(21,10(19)20)22-8(5)6(17)4(16)2-14/h4-9,14,16-18,21H,2H2,1H3,(H,13,15)(H,19,20)/t4-,5-,6?,7-,8-,9?,11-/m1/s1. The van der Waals surface area contributed by atoms with Crippen LogP contribution in [0.1, 0.15) is 6.92 Å². The van der Waals surface area contributed by atoms with Gasteiger partial charge in [0, 0.05) is 6.92 Å². The summed E-state index contributed by atoms with van der Waals surface area (Å²) in [5, 5.41) is 59.7. The van der Waals surface area contributed by atoms with Gasteiger partial charge in [-0.3, -0.25) is 4.79 Å². The van der Waals surface area contributed by atoms with E-state index in [4.69, 9.17) is 14.9 Å². The average molecular weight is 388 g/mol. The molecule has 0 aliphatic carbocycles. The van der Waals surface area contributed by atoms with Crippen LogP contribution < -0.4 is 5.32 Å². The third kappa shape index (κ3) is 3.56. The first-order chi connectivity index (χ1) is 10.1. The first-order valence-corrected chi connectivity index (χ1v) is 7.17. The second-order valence-electron chi connectivity index (χ2n) is 4.94. The molecule has 22 heavy (non-hydrogen) atoms. The Labute approximate surface area is 133 Å². The van der Waals surface area contributed by atoms with Crippen molar-refractivity contribution in [3.63, 3.8) is 0 Å². The Balaban J connectivity index is 3.19. The predicted molar refractivity (Wildman–Crippen MR) is 72.9 cm³/mol. The molecule has 0 aromatic heterocycles. The summed E-state index contributed by atoms with van der Waals surface area (Å²) < 4.78 is 4.93. The zero-order chi connectivity index (χ0) is 17.2. The number of aliphatic hydroxyl groups is 5. The summed E-state index contributed by atoms with van der Waals surface area (Å²) in [6.45, 7) is 0.229. The minimum absolute atomic E-state index is 0.621. The van der Waals surface area contributed by atoms with E-state index in [-0.39, 0.29) is 0 Å². The highest BCUT2D eigenvalue weighted by atomic mass is 79.9. The van der Waals surface area contributed by atoms with Gasteiger partial charge in [-0.2, -0.15) is 0 Å². The molecule has 11 heteroatoms. The van der Waals surface area contributed by atoms with Gasteiger partial charge in [0.25, 0.3) is 5.79 Å². The van der Waals surface area contributed by atoms with Crippen molar-refractivity contribution in [3.05, 3.63) is 0 Å². The van der Waals surface area contributed by atoms with Crippen molar-refractivity contribution >= 4 is 27.8 Å². The summed E-state index contributed by atoms with van der Waals surface area (Å²) in [6, 6.07) is -1.34. The molecule has 0 spiro atoms. The Morgan fingerprint density at radius 3 is 2.36 bits per heavy atom. The molecule has 0 aromatic rings. The molecule has 10 nitrogen and oxygen atoms in total. The zero-order valence-electron chi connectivity index (χ0n) is 11.5. The molecular formula is C11H18BrNO9. The van der Waals surface area contributed by atoms with E-state index in [1.54, 1.807) is 0 Å². The van der Waals surface area contributed by atoms with E-state index in [2.05, 4.69) is 21.2 Å². The lowest BCUT2D eigenvalue weighted by atomic mass is 9.88. The number of nitrogens with one attached hydrogen (secondary N) is 1. The minimum Gasteiger partial charge on any atom is -0.477 e. The molecule has 0 radical (unpaired) electrons. The normalized spacial score (nSPS) is 38.1. The van der Waals surface area contributed by atoms with Gasteiger partial charge in [-0.15, -0.1) is 0 Å². The van der Waals surface area contributed by atoms with Crippen LogP contribution in [0.4, 0.5) is 0 Å². The van der Waals surface area contributed by atoms with Crippen LogP contribution >= 0.6 is 15.9 Å². The number of aliphatic hydroxyl groups excluding tert-OH is 4. The highest BCUT2D eigenvalue weighted by Gasteiger charge is 2.59. The van der Waals surface area contributed by atoms with E-state index in [9.17, 15) is 30.0 Å². The fourth-order valence-electron chi connectivity index (χ4n) is 2.13. The second-order valence-corrected chi connectivity index (χ2v) is 5.93. The summed E-state index contributed by atoms with van der Waals surface area (Å²) >= 11 is 2.79. The molecule has 2 unspecified atom stereocenters. The number of alkyl halides is 1. The molecule has 0 aromatic carbocycles. The summed E-state index contributed by atoms with van der Waals surface area (Å²) in [5.74, 6) is -5.37. The van der Waals surface area contributed by atoms with Gasteiger partial charge < -0.3 is 40.7 Å². The maximum Gasteiger partial charge on any atom is 0.365 e. The van der Waals surface area contributed by atoms with Gasteiger partial charge in [0.05, 0.1) is 18.8 Å². The third-order valence-corrected chi connectivity index (χ3v) is 4.47. The molecule has 1 rings (SSSR count). The molecule has 1 fully saturated rings. The SMILES string of the molecule is CC(=O)N[C@@H]1[C@@H](O)C(Br)[C@](O)(C(=O)O)O[C@H]1C(O)[C@H](O)CO. The van der Waals surface area contributed by atoms with Gasteiger partial charge in [-0.1, -0.05) is 15.9 Å². The van der Waals surface area contributed by atoms with Crippen LogP contribution in [0, 0.1) is 0 Å². The van der Waals surface area contributed by atoms with Crippen molar-refractivity contribution in [3.8, 4) is 0 Å². The van der Waals surface area contributed by atoms with Crippen molar-refractivity contribution < 1.29 is 45.0 Å². The lowest BCUT2D eigenvalue weighted by molar-refractivity contribution is -0.290. The highest BCUT2D eigenvalue weighted by molar-refractivity contribution is 9.09. The molecule has 0 bridgehead atoms. The van der Waals surface area contributed by atoms with Crippen LogP contribution in [0.15, 0.2) is 0 Å². The number of aliphatic carboxylic acids is 1. The van der Waals surface area contributed by atoms with Crippen LogP contribution in [-0.2, 0) is 14.3 Å². The molecule has 7 N–H and O–H groups in total. The maximum absolute atomic E-state index is 11.2. The van der Waals surface area contributed by atoms with E-state index in [0.717, 1.165) is 6.92 Å². The van der Waals surface area contributed by atoms with Crippen LogP contribution in [0.2, 0.25) is 0 Å². The van der Waals surface area contributed by atoms with E-state index >= 15 is 0 Å². The molecule has 0 saturated carbocycles. The first-order valence-electron chi connectivity index (χ1n) is 6.26. The lowest BCUT2D eigenvalue weighted by Gasteiger charge is -2.47. The molecule has 1 aliphatic rings. The number of hydrogen-bond donors (Lipinski definition) is 7. The highest BCUT2D eigenvalue weighted by Crippen LogP contribution is 2.35. The van der Waals surface area contributed by atoms with E-state index in [1.807, 2.05) is 0 Å². The van der Waals surface area contributed by atoms with Crippen LogP contribution in [0.3, 0.4) is 0 Å². The van der Waals surface area contributed by atoms with Gasteiger partial charge >= 0.3 is 5.97 Å². The van der Waals surface area contributed by atoms with Crippen molar-refractivity contribution in [1.82, 2.24) is 5.32 Å². The predicted octanol–water partition coefficient (Wildman–Crippen LogP) is -3.50. The van der Waals surface area contributed by atoms with Crippen molar-refractivity contribution in [2.24, 2.45) is 0 Å². The van der Waals surface area contributed by atoms with E-state index < -0.39 is 59.6 Å². The quantitative estimate of drug-likeness (QED) is 0.236. The Kier molecular flexibility index (Phi) is 6.27. The van der Waals surface area contributed by atoms with Gasteiger partial charge in [-0.25, -0.2) is 4.79 Å². The second kappa shape index (κ2) is 7.17. The number of rotatable bonds is 5. The largest absolute Gasteiger partial charge is 0.477 e. The topological polar surface area (TPSA) is 177 Å². The third-order valence-electron chi connectivity index (χ3n) is 3.31. The lowest BCUT2D eigenvalue weighted by Crippen LogP contribution is -2.72. The smallest absolute Gasteiger partial charge is 0.365 e. The number of carboxylic acids is 1. The molecule has 128 valence electrons. The molecular weight excluding hydrogens is 370 g/mol. The number of carbonyl (C=O) groups excluding carboxylic acids is 1. The number of amides is 1. The monoisotopic (exact) mass is 387 g/mol. The summed E-state index contributed by atoms with van der Waals surface area (Å²) in [5.41, 5.74) is 0. The Morgan fingerprint density at radius 2 is 1.95 bits per heavy atom. The summed E-state index contributed by atoms with van der Waals surface area (Å²) in [6.07, 6.45) is -6.96. The number of carbonyl (C=O) groups is 2. The summed E-state index contributed by atoms with van der Waals surface area (Å²) in [4.78, 5) is 20.8. The molecule has 1 saturated heterocycles. The molecule has 7 atom stereocenters. The zero-order valence-corrected chi connectivity index (χ0v) is 13.0. The van der Waals surface area contributed by atoms with Gasteiger partial charge in [0.2, 0.25) is 5.91 Å². The maximum atomic E-state index is 11.2. The summed E-state index contributed by atoms with van der Waals surface area (Å²) in [7, 11) is 0. The van der Waals surface area contributed by atoms with Crippen LogP contribution in [-0.4, -0.2) is 90.2 Å². The Morgan fingerprint density at radius 1 is 1.41 bits per heavy atom. The molecule has 1 aliphatic heterocycles. The minimum atomic E-state index is -2.91. The number of halogens is 1. The van der Waals surface area contributed by atoms with Crippen molar-refractivity contribution in [1.29, 1.82) is 0 Å².